The molecule has 0 aliphatic carbocycles. The van der Waals surface area contributed by atoms with Gasteiger partial charge in [-0.05, 0) is 53.0 Å². The van der Waals surface area contributed by atoms with Crippen molar-refractivity contribution >= 4 is 29.6 Å². The third-order valence-corrected chi connectivity index (χ3v) is 9.00. The lowest BCUT2D eigenvalue weighted by Crippen LogP contribution is -2.57. The van der Waals surface area contributed by atoms with E-state index in [1.165, 1.54) is 0 Å². The van der Waals surface area contributed by atoms with Crippen LogP contribution < -0.4 is 21.3 Å². The molecule has 0 saturated heterocycles. The number of aliphatic carboxylic acids is 1. The smallest absolute Gasteiger partial charge is 0.326 e. The molecule has 6 atom stereocenters. The number of hydrogen-bond donors (Lipinski definition) is 6. The van der Waals surface area contributed by atoms with E-state index in [0.29, 0.717) is 12.0 Å². The molecule has 6 N–H and O–H groups in total. The number of carboxylic acid groups (broad SMARTS) is 1. The van der Waals surface area contributed by atoms with Crippen LogP contribution in [0.25, 0.3) is 11.1 Å². The topological polar surface area (TPSA) is 174 Å². The van der Waals surface area contributed by atoms with Gasteiger partial charge in [0, 0.05) is 5.56 Å². The Kier molecular flexibility index (Phi) is 15.4. The summed E-state index contributed by atoms with van der Waals surface area (Å²) < 4.78 is 0. The van der Waals surface area contributed by atoms with Gasteiger partial charge in [0.2, 0.25) is 17.7 Å². The number of benzene rings is 3. The highest BCUT2D eigenvalue weighted by atomic mass is 16.4. The molecule has 0 bridgehead atoms. The van der Waals surface area contributed by atoms with Crippen molar-refractivity contribution in [1.29, 1.82) is 0 Å². The highest BCUT2D eigenvalue weighted by molar-refractivity contribution is 5.98. The molecule has 2 unspecified atom stereocenters. The molecule has 11 nitrogen and oxygen atoms in total. The first kappa shape index (κ1) is 40.4. The largest absolute Gasteiger partial charge is 0.480 e. The van der Waals surface area contributed by atoms with Gasteiger partial charge in [0.25, 0.3) is 5.91 Å². The first-order chi connectivity index (χ1) is 24.2. The standard InChI is InChI=1S/C40H52N4O7/c1-7-26(6)36(39(49)44-35(25(4)5)40(50)51)42-33(46)23-32(45)31(21-27-15-10-8-11-16-27)41-38(48)34(24(2)3)43-37(47)30-20-14-19-29(22-30)28-17-12-9-13-18-28/h8-20,22,24-26,31-32,34-36,45H,7,21,23H2,1-6H3,(H,41,48)(H,42,46)(H,43,47)(H,44,49)(H,50,51)/t26-,31-,32-,34?,35?,36-/m0/s1. The van der Waals surface area contributed by atoms with E-state index in [1.807, 2.05) is 73.7 Å². The Bertz CT molecular complexity index is 1610. The van der Waals surface area contributed by atoms with Gasteiger partial charge in [-0.1, -0.05) is 121 Å². The van der Waals surface area contributed by atoms with Crippen LogP contribution in [0, 0.1) is 17.8 Å². The van der Waals surface area contributed by atoms with Crippen molar-refractivity contribution in [2.75, 3.05) is 0 Å². The van der Waals surface area contributed by atoms with Gasteiger partial charge in [0.05, 0.1) is 18.6 Å². The second-order valence-electron chi connectivity index (χ2n) is 13.7. The molecule has 0 heterocycles. The van der Waals surface area contributed by atoms with E-state index in [2.05, 4.69) is 21.3 Å². The lowest BCUT2D eigenvalue weighted by molar-refractivity contribution is -0.143. The third kappa shape index (κ3) is 12.1. The summed E-state index contributed by atoms with van der Waals surface area (Å²) in [6, 6.07) is 21.8. The van der Waals surface area contributed by atoms with Crippen molar-refractivity contribution in [2.24, 2.45) is 17.8 Å². The number of amides is 4. The zero-order valence-corrected chi connectivity index (χ0v) is 30.3. The summed E-state index contributed by atoms with van der Waals surface area (Å²) >= 11 is 0. The van der Waals surface area contributed by atoms with Gasteiger partial charge >= 0.3 is 5.97 Å². The Morgan fingerprint density at radius 2 is 1.22 bits per heavy atom. The molecule has 0 fully saturated rings. The van der Waals surface area contributed by atoms with Crippen molar-refractivity contribution in [3.05, 3.63) is 96.1 Å². The summed E-state index contributed by atoms with van der Waals surface area (Å²) in [7, 11) is 0. The Hall–Kier alpha value is -5.03. The van der Waals surface area contributed by atoms with E-state index < -0.39 is 66.3 Å². The zero-order chi connectivity index (χ0) is 37.7. The van der Waals surface area contributed by atoms with Crippen molar-refractivity contribution in [2.45, 2.75) is 91.1 Å². The van der Waals surface area contributed by atoms with E-state index in [1.54, 1.807) is 52.8 Å². The Labute approximate surface area is 300 Å². The molecule has 51 heavy (non-hydrogen) atoms. The fourth-order valence-electron chi connectivity index (χ4n) is 5.68. The fraction of sp³-hybridized carbons (Fsp3) is 0.425. The van der Waals surface area contributed by atoms with Crippen molar-refractivity contribution in [3.63, 3.8) is 0 Å². The highest BCUT2D eigenvalue weighted by Crippen LogP contribution is 2.20. The third-order valence-electron chi connectivity index (χ3n) is 9.00. The van der Waals surface area contributed by atoms with Crippen LogP contribution in [0.15, 0.2) is 84.9 Å². The first-order valence-electron chi connectivity index (χ1n) is 17.5. The summed E-state index contributed by atoms with van der Waals surface area (Å²) in [6.07, 6.45) is -1.12. The van der Waals surface area contributed by atoms with Gasteiger partial charge in [-0.15, -0.1) is 0 Å². The van der Waals surface area contributed by atoms with Crippen molar-refractivity contribution in [1.82, 2.24) is 21.3 Å². The monoisotopic (exact) mass is 700 g/mol. The molecule has 0 aliphatic heterocycles. The molecule has 3 rings (SSSR count). The maximum atomic E-state index is 13.8. The molecule has 0 saturated carbocycles. The molecule has 0 aliphatic rings. The number of aliphatic hydroxyl groups is 1. The number of carboxylic acids is 1. The Morgan fingerprint density at radius 3 is 1.78 bits per heavy atom. The van der Waals surface area contributed by atoms with Crippen LogP contribution in [0.3, 0.4) is 0 Å². The molecule has 3 aromatic rings. The lowest BCUT2D eigenvalue weighted by Gasteiger charge is -2.30. The van der Waals surface area contributed by atoms with Gasteiger partial charge < -0.3 is 31.5 Å². The summed E-state index contributed by atoms with van der Waals surface area (Å²) in [5.74, 6) is -4.45. The van der Waals surface area contributed by atoms with Crippen LogP contribution in [0.2, 0.25) is 0 Å². The van der Waals surface area contributed by atoms with Crippen LogP contribution in [0.5, 0.6) is 0 Å². The summed E-state index contributed by atoms with van der Waals surface area (Å²) in [6.45, 7) is 10.6. The van der Waals surface area contributed by atoms with Gasteiger partial charge in [-0.3, -0.25) is 19.2 Å². The average Bonchev–Trinajstić information content (AvgIpc) is 3.11. The molecule has 3 aromatic carbocycles. The molecule has 0 radical (unpaired) electrons. The van der Waals surface area contributed by atoms with Gasteiger partial charge in [0.1, 0.15) is 18.1 Å². The van der Waals surface area contributed by atoms with E-state index in [-0.39, 0.29) is 24.2 Å². The maximum Gasteiger partial charge on any atom is 0.326 e. The maximum absolute atomic E-state index is 13.8. The number of carbonyl (C=O) groups excluding carboxylic acids is 4. The molecule has 0 aromatic heterocycles. The number of carbonyl (C=O) groups is 5. The highest BCUT2D eigenvalue weighted by Gasteiger charge is 2.34. The molecular weight excluding hydrogens is 648 g/mol. The summed E-state index contributed by atoms with van der Waals surface area (Å²) in [5, 5.41) is 31.9. The normalized spacial score (nSPS) is 14.8. The molecule has 4 amide bonds. The number of rotatable bonds is 18. The predicted octanol–water partition coefficient (Wildman–Crippen LogP) is 4.34. The fourth-order valence-corrected chi connectivity index (χ4v) is 5.68. The van der Waals surface area contributed by atoms with Gasteiger partial charge in [-0.25, -0.2) is 4.79 Å². The van der Waals surface area contributed by atoms with E-state index in [9.17, 15) is 34.2 Å². The quantitative estimate of drug-likeness (QED) is 0.115. The van der Waals surface area contributed by atoms with Crippen LogP contribution in [-0.4, -0.2) is 70.1 Å². The molecule has 0 spiro atoms. The number of aliphatic hydroxyl groups excluding tert-OH is 1. The summed E-state index contributed by atoms with van der Waals surface area (Å²) in [4.78, 5) is 65.4. The minimum atomic E-state index is -1.37. The predicted molar refractivity (Wildman–Crippen MR) is 196 cm³/mol. The minimum absolute atomic E-state index is 0.183. The van der Waals surface area contributed by atoms with Gasteiger partial charge in [0.15, 0.2) is 0 Å². The van der Waals surface area contributed by atoms with Crippen LogP contribution in [0.4, 0.5) is 0 Å². The second kappa shape index (κ2) is 19.4. The lowest BCUT2D eigenvalue weighted by atomic mass is 9.95. The average molecular weight is 701 g/mol. The van der Waals surface area contributed by atoms with E-state index >= 15 is 0 Å². The SMILES string of the molecule is CC[C@H](C)[C@H](NC(=O)C[C@H](O)[C@H](Cc1ccccc1)NC(=O)C(NC(=O)c1cccc(-c2ccccc2)c1)C(C)C)C(=O)NC(C(=O)O)C(C)C. The van der Waals surface area contributed by atoms with Crippen molar-refractivity contribution < 1.29 is 34.2 Å². The van der Waals surface area contributed by atoms with Crippen LogP contribution >= 0.6 is 0 Å². The van der Waals surface area contributed by atoms with Crippen LogP contribution in [-0.2, 0) is 25.6 Å². The minimum Gasteiger partial charge on any atom is -0.480 e. The molecular formula is C40H52N4O7. The molecule has 274 valence electrons. The van der Waals surface area contributed by atoms with E-state index in [4.69, 9.17) is 0 Å². The van der Waals surface area contributed by atoms with Crippen LogP contribution in [0.1, 0.15) is 70.3 Å². The Morgan fingerprint density at radius 1 is 0.647 bits per heavy atom. The summed E-state index contributed by atoms with van der Waals surface area (Å²) in [5.41, 5.74) is 2.99. The van der Waals surface area contributed by atoms with E-state index in [0.717, 1.165) is 16.7 Å². The number of hydrogen-bond acceptors (Lipinski definition) is 6. The number of nitrogens with one attached hydrogen (secondary N) is 4. The zero-order valence-electron chi connectivity index (χ0n) is 30.3. The Balaban J connectivity index is 1.78. The molecule has 11 heteroatoms. The van der Waals surface area contributed by atoms with Crippen molar-refractivity contribution in [3.8, 4) is 11.1 Å². The first-order valence-corrected chi connectivity index (χ1v) is 17.5. The second-order valence-corrected chi connectivity index (χ2v) is 13.7. The van der Waals surface area contributed by atoms with Gasteiger partial charge in [-0.2, -0.15) is 0 Å².